The van der Waals surface area contributed by atoms with Crippen LogP contribution in [0.25, 0.3) is 0 Å². The van der Waals surface area contributed by atoms with Crippen molar-refractivity contribution in [2.24, 2.45) is 0 Å². The second-order valence-corrected chi connectivity index (χ2v) is 9.29. The first-order valence-corrected chi connectivity index (χ1v) is 10.9. The minimum absolute atomic E-state index is 0.105. The van der Waals surface area contributed by atoms with Crippen LogP contribution < -0.4 is 5.32 Å². The maximum absolute atomic E-state index is 13.0. The number of carbonyl (C=O) groups is 1. The lowest BCUT2D eigenvalue weighted by Gasteiger charge is -2.34. The summed E-state index contributed by atoms with van der Waals surface area (Å²) in [4.78, 5) is 12.6. The largest absolute Gasteiger partial charge is 0.373 e. The number of hydrogen-bond donors (Lipinski definition) is 1. The van der Waals surface area contributed by atoms with Crippen LogP contribution in [0.2, 0.25) is 5.02 Å². The normalized spacial score (nSPS) is 20.7. The molecule has 8 heteroatoms. The van der Waals surface area contributed by atoms with Crippen LogP contribution in [-0.4, -0.2) is 43.9 Å². The molecule has 1 saturated heterocycles. The van der Waals surface area contributed by atoms with Crippen molar-refractivity contribution in [2.45, 2.75) is 37.5 Å². The molecule has 0 unspecified atom stereocenters. The first kappa shape index (κ1) is 20.8. The minimum atomic E-state index is -3.70. The van der Waals surface area contributed by atoms with E-state index in [1.54, 1.807) is 24.3 Å². The van der Waals surface area contributed by atoms with Gasteiger partial charge in [-0.25, -0.2) is 8.42 Å². The van der Waals surface area contributed by atoms with Gasteiger partial charge >= 0.3 is 0 Å². The van der Waals surface area contributed by atoms with Crippen LogP contribution in [-0.2, 0) is 21.3 Å². The Morgan fingerprint density at radius 2 is 1.79 bits per heavy atom. The Balaban J connectivity index is 1.73. The molecule has 2 atom stereocenters. The van der Waals surface area contributed by atoms with E-state index in [0.29, 0.717) is 30.2 Å². The third kappa shape index (κ3) is 4.91. The average Bonchev–Trinajstić information content (AvgIpc) is 2.66. The second-order valence-electron chi connectivity index (χ2n) is 6.92. The summed E-state index contributed by atoms with van der Waals surface area (Å²) in [5, 5.41) is 3.42. The predicted octanol–water partition coefficient (Wildman–Crippen LogP) is 3.07. The zero-order valence-corrected chi connectivity index (χ0v) is 17.3. The fourth-order valence-corrected chi connectivity index (χ4v) is 4.92. The molecule has 150 valence electrons. The number of rotatable bonds is 5. The molecule has 0 radical (unpaired) electrons. The van der Waals surface area contributed by atoms with Crippen LogP contribution in [0.3, 0.4) is 0 Å². The summed E-state index contributed by atoms with van der Waals surface area (Å²) in [6.07, 6.45) is -0.353. The van der Waals surface area contributed by atoms with Crippen LogP contribution in [0.4, 0.5) is 0 Å². The van der Waals surface area contributed by atoms with Gasteiger partial charge in [0, 0.05) is 30.2 Å². The quantitative estimate of drug-likeness (QED) is 0.803. The van der Waals surface area contributed by atoms with Crippen molar-refractivity contribution >= 4 is 27.5 Å². The SMILES string of the molecule is C[C@@H]1CN(S(=O)(=O)c2cccc(C(=O)NCc3ccc(Cl)cc3)c2)C[C@H](C)O1. The zero-order valence-electron chi connectivity index (χ0n) is 15.8. The Labute approximate surface area is 170 Å². The molecule has 2 aromatic carbocycles. The predicted molar refractivity (Wildman–Crippen MR) is 108 cm³/mol. The number of nitrogens with zero attached hydrogens (tertiary/aromatic N) is 1. The van der Waals surface area contributed by atoms with Crippen LogP contribution in [0, 0.1) is 0 Å². The Hall–Kier alpha value is -1.93. The van der Waals surface area contributed by atoms with Gasteiger partial charge in [-0.3, -0.25) is 4.79 Å². The molecular weight excluding hydrogens is 400 g/mol. The lowest BCUT2D eigenvalue weighted by molar-refractivity contribution is -0.0440. The molecule has 0 saturated carbocycles. The van der Waals surface area contributed by atoms with Gasteiger partial charge in [-0.05, 0) is 49.7 Å². The maximum Gasteiger partial charge on any atom is 0.251 e. The van der Waals surface area contributed by atoms with Gasteiger partial charge in [0.1, 0.15) is 0 Å². The van der Waals surface area contributed by atoms with Crippen LogP contribution >= 0.6 is 11.6 Å². The van der Waals surface area contributed by atoms with E-state index in [0.717, 1.165) is 5.56 Å². The van der Waals surface area contributed by atoms with Crippen LogP contribution in [0.1, 0.15) is 29.8 Å². The van der Waals surface area contributed by atoms with E-state index in [1.807, 2.05) is 26.0 Å². The Bertz CT molecular complexity index is 937. The third-order valence-corrected chi connectivity index (χ3v) is 6.57. The number of sulfonamides is 1. The van der Waals surface area contributed by atoms with Crippen molar-refractivity contribution < 1.29 is 17.9 Å². The highest BCUT2D eigenvalue weighted by Crippen LogP contribution is 2.22. The van der Waals surface area contributed by atoms with Crippen molar-refractivity contribution in [1.29, 1.82) is 0 Å². The van der Waals surface area contributed by atoms with Gasteiger partial charge in [0.05, 0.1) is 17.1 Å². The average molecular weight is 423 g/mol. The van der Waals surface area contributed by atoms with Gasteiger partial charge in [-0.2, -0.15) is 4.31 Å². The monoisotopic (exact) mass is 422 g/mol. The highest BCUT2D eigenvalue weighted by molar-refractivity contribution is 7.89. The zero-order chi connectivity index (χ0) is 20.3. The van der Waals surface area contributed by atoms with Crippen molar-refractivity contribution in [2.75, 3.05) is 13.1 Å². The van der Waals surface area contributed by atoms with Gasteiger partial charge < -0.3 is 10.1 Å². The highest BCUT2D eigenvalue weighted by atomic mass is 35.5. The third-order valence-electron chi connectivity index (χ3n) is 4.49. The number of benzene rings is 2. The van der Waals surface area contributed by atoms with E-state index in [1.165, 1.54) is 16.4 Å². The minimum Gasteiger partial charge on any atom is -0.373 e. The number of hydrogen-bond acceptors (Lipinski definition) is 4. The number of carbonyl (C=O) groups excluding carboxylic acids is 1. The van der Waals surface area contributed by atoms with E-state index in [-0.39, 0.29) is 23.0 Å². The molecule has 0 bridgehead atoms. The van der Waals surface area contributed by atoms with Crippen molar-refractivity contribution in [1.82, 2.24) is 9.62 Å². The Morgan fingerprint density at radius 3 is 2.43 bits per heavy atom. The molecule has 1 amide bonds. The first-order valence-electron chi connectivity index (χ1n) is 9.04. The molecule has 1 N–H and O–H groups in total. The number of ether oxygens (including phenoxy) is 1. The van der Waals surface area contributed by atoms with Crippen molar-refractivity contribution in [3.8, 4) is 0 Å². The lowest BCUT2D eigenvalue weighted by Crippen LogP contribution is -2.48. The molecule has 1 aliphatic heterocycles. The summed E-state index contributed by atoms with van der Waals surface area (Å²) < 4.78 is 33.0. The molecule has 2 aromatic rings. The van der Waals surface area contributed by atoms with Gasteiger partial charge in [0.25, 0.3) is 5.91 Å². The van der Waals surface area contributed by atoms with Crippen molar-refractivity contribution in [3.05, 3.63) is 64.7 Å². The van der Waals surface area contributed by atoms with Crippen molar-refractivity contribution in [3.63, 3.8) is 0 Å². The van der Waals surface area contributed by atoms with Crippen LogP contribution in [0.5, 0.6) is 0 Å². The number of amides is 1. The molecular formula is C20H23ClN2O4S. The number of morpholine rings is 1. The Morgan fingerprint density at radius 1 is 1.14 bits per heavy atom. The van der Waals surface area contributed by atoms with Gasteiger partial charge in [0.15, 0.2) is 0 Å². The van der Waals surface area contributed by atoms with E-state index >= 15 is 0 Å². The molecule has 0 aliphatic carbocycles. The smallest absolute Gasteiger partial charge is 0.251 e. The number of nitrogens with one attached hydrogen (secondary N) is 1. The summed E-state index contributed by atoms with van der Waals surface area (Å²) in [5.74, 6) is -0.337. The standard InChI is InChI=1S/C20H23ClN2O4S/c1-14-12-23(13-15(2)27-14)28(25,26)19-5-3-4-17(10-19)20(24)22-11-16-6-8-18(21)9-7-16/h3-10,14-15H,11-13H2,1-2H3,(H,22,24)/t14-,15+. The van der Waals surface area contributed by atoms with E-state index in [2.05, 4.69) is 5.32 Å². The summed E-state index contributed by atoms with van der Waals surface area (Å²) in [6, 6.07) is 13.3. The van der Waals surface area contributed by atoms with Gasteiger partial charge in [-0.15, -0.1) is 0 Å². The van der Waals surface area contributed by atoms with E-state index in [4.69, 9.17) is 16.3 Å². The topological polar surface area (TPSA) is 75.7 Å². The molecule has 0 spiro atoms. The van der Waals surface area contributed by atoms with Gasteiger partial charge in [0.2, 0.25) is 10.0 Å². The fourth-order valence-electron chi connectivity index (χ4n) is 3.16. The molecule has 1 heterocycles. The van der Waals surface area contributed by atoms with E-state index < -0.39 is 10.0 Å². The summed E-state index contributed by atoms with van der Waals surface area (Å²) in [7, 11) is -3.70. The highest BCUT2D eigenvalue weighted by Gasteiger charge is 2.32. The molecule has 6 nitrogen and oxygen atoms in total. The maximum atomic E-state index is 13.0. The van der Waals surface area contributed by atoms with E-state index in [9.17, 15) is 13.2 Å². The molecule has 28 heavy (non-hydrogen) atoms. The Kier molecular flexibility index (Phi) is 6.40. The second kappa shape index (κ2) is 8.61. The lowest BCUT2D eigenvalue weighted by atomic mass is 10.2. The summed E-state index contributed by atoms with van der Waals surface area (Å²) >= 11 is 5.86. The number of halogens is 1. The molecule has 1 fully saturated rings. The van der Waals surface area contributed by atoms with Crippen LogP contribution in [0.15, 0.2) is 53.4 Å². The summed E-state index contributed by atoms with van der Waals surface area (Å²) in [6.45, 7) is 4.60. The first-order chi connectivity index (χ1) is 13.3. The molecule has 3 rings (SSSR count). The summed E-state index contributed by atoms with van der Waals surface area (Å²) in [5.41, 5.74) is 1.20. The fraction of sp³-hybridized carbons (Fsp3) is 0.350. The molecule has 0 aromatic heterocycles. The molecule has 1 aliphatic rings. The van der Waals surface area contributed by atoms with Gasteiger partial charge in [-0.1, -0.05) is 29.8 Å².